The lowest BCUT2D eigenvalue weighted by Gasteiger charge is -2.26. The summed E-state index contributed by atoms with van der Waals surface area (Å²) in [6, 6.07) is 32.4. The number of alkyl halides is 6. The molecule has 18 heteroatoms. The van der Waals surface area contributed by atoms with E-state index in [-0.39, 0.29) is 11.8 Å². The third-order valence-corrected chi connectivity index (χ3v) is 8.26. The maximum Gasteiger partial charge on any atom is 0.490 e. The molecule has 1 aromatic heterocycles. The second-order valence-electron chi connectivity index (χ2n) is 12.5. The average molecular weight is 817 g/mol. The van der Waals surface area contributed by atoms with Crippen molar-refractivity contribution in [2.24, 2.45) is 5.92 Å². The van der Waals surface area contributed by atoms with E-state index in [2.05, 4.69) is 68.9 Å². The molecule has 1 aliphatic rings. The number of anilines is 1. The van der Waals surface area contributed by atoms with Gasteiger partial charge in [0, 0.05) is 31.4 Å². The average Bonchev–Trinajstić information content (AvgIpc) is 3.74. The van der Waals surface area contributed by atoms with Gasteiger partial charge in [-0.25, -0.2) is 9.59 Å². The first-order valence-corrected chi connectivity index (χ1v) is 17.3. The van der Waals surface area contributed by atoms with Crippen molar-refractivity contribution in [3.8, 4) is 28.4 Å². The van der Waals surface area contributed by atoms with Crippen LogP contribution in [0.15, 0.2) is 109 Å². The number of aromatic amines is 1. The van der Waals surface area contributed by atoms with E-state index in [9.17, 15) is 31.1 Å². The van der Waals surface area contributed by atoms with E-state index >= 15 is 0 Å². The zero-order valence-electron chi connectivity index (χ0n) is 30.7. The van der Waals surface area contributed by atoms with Gasteiger partial charge in [-0.2, -0.15) is 31.4 Å². The molecule has 5 aromatic rings. The summed E-state index contributed by atoms with van der Waals surface area (Å²) in [6.07, 6.45) is -6.00. The topological polar surface area (TPSA) is 163 Å². The molecule has 58 heavy (non-hydrogen) atoms. The molecule has 0 radical (unpaired) electrons. The normalized spacial score (nSPS) is 13.3. The Hall–Kier alpha value is -6.56. The Bertz CT molecular complexity index is 2020. The largest absolute Gasteiger partial charge is 0.497 e. The Labute approximate surface area is 328 Å². The number of ether oxygens (including phenoxy) is 3. The molecule has 0 fully saturated rings. The van der Waals surface area contributed by atoms with Crippen molar-refractivity contribution in [1.29, 1.82) is 0 Å². The van der Waals surface area contributed by atoms with E-state index in [0.29, 0.717) is 37.6 Å². The molecule has 0 saturated carbocycles. The minimum atomic E-state index is -5.08. The van der Waals surface area contributed by atoms with Crippen molar-refractivity contribution >= 4 is 23.5 Å². The van der Waals surface area contributed by atoms with Crippen molar-refractivity contribution in [3.63, 3.8) is 0 Å². The zero-order valence-corrected chi connectivity index (χ0v) is 30.7. The predicted octanol–water partition coefficient (Wildman–Crippen LogP) is 7.62. The smallest absolute Gasteiger partial charge is 0.490 e. The quantitative estimate of drug-likeness (QED) is 0.0922. The number of H-pyrrole nitrogens is 1. The molecule has 1 unspecified atom stereocenters. The number of amides is 1. The Kier molecular flexibility index (Phi) is 15.7. The number of carbonyl (C=O) groups is 3. The summed E-state index contributed by atoms with van der Waals surface area (Å²) in [5.74, 6) is -3.83. The molecule has 1 atom stereocenters. The summed E-state index contributed by atoms with van der Waals surface area (Å²) >= 11 is 0. The van der Waals surface area contributed by atoms with Crippen molar-refractivity contribution < 1.29 is 65.1 Å². The molecular formula is C40H38F6N4O8. The number of carbonyl (C=O) groups excluding carboxylic acids is 1. The number of benzene rings is 4. The fraction of sp³-hybridized carbons (Fsp3) is 0.250. The van der Waals surface area contributed by atoms with E-state index in [1.54, 1.807) is 13.3 Å². The number of fused-ring (bicyclic) bond motifs is 1. The summed E-state index contributed by atoms with van der Waals surface area (Å²) in [5.41, 5.74) is 5.95. The number of methoxy groups -OCH3 is 1. The molecule has 12 nitrogen and oxygen atoms in total. The standard InChI is InChI=1S/C36H36N4O4.2C2HF3O2/c1-42-32-13-15-34-29(19-32)18-30(25-44-34)36(41)39-33-14-12-28(31-21-37-38-22-31)20-35(33)43-17-16-40(23-26-8-4-2-5-9-26)24-27-10-6-3-7-11-27;2*3-2(4,5)1(6)7/h2-15,19-22,30H,16-18,23-25H2,1H3,(H,37,38)(H,39,41);2*(H,6,7). The van der Waals surface area contributed by atoms with Gasteiger partial charge in [-0.3, -0.25) is 14.8 Å². The molecular weight excluding hydrogens is 778 g/mol. The van der Waals surface area contributed by atoms with Gasteiger partial charge < -0.3 is 29.7 Å². The summed E-state index contributed by atoms with van der Waals surface area (Å²) in [7, 11) is 1.63. The highest BCUT2D eigenvalue weighted by molar-refractivity contribution is 5.95. The Morgan fingerprint density at radius 3 is 1.95 bits per heavy atom. The van der Waals surface area contributed by atoms with Crippen LogP contribution in [-0.4, -0.2) is 82.4 Å². The molecule has 0 saturated heterocycles. The van der Waals surface area contributed by atoms with Crippen molar-refractivity contribution in [3.05, 3.63) is 126 Å². The van der Waals surface area contributed by atoms with E-state index in [1.165, 1.54) is 11.1 Å². The highest BCUT2D eigenvalue weighted by Gasteiger charge is 2.39. The molecule has 0 spiro atoms. The van der Waals surface area contributed by atoms with Gasteiger partial charge in [0.2, 0.25) is 5.91 Å². The number of aliphatic carboxylic acids is 2. The van der Waals surface area contributed by atoms with Crippen LogP contribution in [0.3, 0.4) is 0 Å². The third kappa shape index (κ3) is 13.9. The number of hydrogen-bond acceptors (Lipinski definition) is 8. The Morgan fingerprint density at radius 2 is 1.43 bits per heavy atom. The lowest BCUT2D eigenvalue weighted by molar-refractivity contribution is -0.193. The molecule has 4 aromatic carbocycles. The van der Waals surface area contributed by atoms with Crippen LogP contribution in [0.2, 0.25) is 0 Å². The highest BCUT2D eigenvalue weighted by Crippen LogP contribution is 2.34. The van der Waals surface area contributed by atoms with E-state index in [0.717, 1.165) is 41.3 Å². The number of nitrogens with one attached hydrogen (secondary N) is 2. The lowest BCUT2D eigenvalue weighted by atomic mass is 9.95. The molecule has 1 amide bonds. The molecule has 1 aliphatic heterocycles. The third-order valence-electron chi connectivity index (χ3n) is 8.26. The molecule has 4 N–H and O–H groups in total. The van der Waals surface area contributed by atoms with Gasteiger partial charge in [0.1, 0.15) is 30.5 Å². The maximum absolute atomic E-state index is 13.5. The first kappa shape index (κ1) is 44.2. The van der Waals surface area contributed by atoms with Crippen LogP contribution in [0.25, 0.3) is 11.1 Å². The van der Waals surface area contributed by atoms with Crippen LogP contribution >= 0.6 is 0 Å². The second-order valence-corrected chi connectivity index (χ2v) is 12.5. The van der Waals surface area contributed by atoms with Crippen LogP contribution < -0.4 is 19.5 Å². The summed E-state index contributed by atoms with van der Waals surface area (Å²) in [5, 5.41) is 24.3. The number of halogens is 6. The Morgan fingerprint density at radius 1 is 0.845 bits per heavy atom. The summed E-state index contributed by atoms with van der Waals surface area (Å²) < 4.78 is 81.2. The predicted molar refractivity (Wildman–Crippen MR) is 198 cm³/mol. The SMILES string of the molecule is COc1ccc2c(c1)CC(C(=O)Nc1ccc(-c3cn[nH]c3)cc1OCCN(Cc1ccccc1)Cc1ccccc1)CO2.O=C(O)C(F)(F)F.O=C(O)C(F)(F)F. The first-order valence-electron chi connectivity index (χ1n) is 17.3. The number of nitrogens with zero attached hydrogens (tertiary/aromatic N) is 2. The van der Waals surface area contributed by atoms with Gasteiger partial charge in [-0.05, 0) is 59.0 Å². The van der Waals surface area contributed by atoms with Crippen molar-refractivity contribution in [2.75, 3.05) is 32.2 Å². The second kappa shape index (κ2) is 20.6. The Balaban J connectivity index is 0.000000456. The van der Waals surface area contributed by atoms with Gasteiger partial charge in [0.05, 0.1) is 24.9 Å². The van der Waals surface area contributed by atoms with Gasteiger partial charge in [-0.15, -0.1) is 0 Å². The molecule has 2 heterocycles. The number of carboxylic acid groups (broad SMARTS) is 2. The fourth-order valence-corrected chi connectivity index (χ4v) is 5.42. The fourth-order valence-electron chi connectivity index (χ4n) is 5.42. The minimum absolute atomic E-state index is 0.117. The summed E-state index contributed by atoms with van der Waals surface area (Å²) in [4.78, 5) is 33.6. The van der Waals surface area contributed by atoms with Gasteiger partial charge in [-0.1, -0.05) is 66.7 Å². The van der Waals surface area contributed by atoms with Crippen LogP contribution in [0.4, 0.5) is 32.0 Å². The molecule has 0 aliphatic carbocycles. The first-order chi connectivity index (χ1) is 27.5. The van der Waals surface area contributed by atoms with E-state index < -0.39 is 24.3 Å². The maximum atomic E-state index is 13.5. The minimum Gasteiger partial charge on any atom is -0.497 e. The van der Waals surface area contributed by atoms with Gasteiger partial charge in [0.15, 0.2) is 0 Å². The van der Waals surface area contributed by atoms with Crippen LogP contribution in [0, 0.1) is 5.92 Å². The molecule has 0 bridgehead atoms. The van der Waals surface area contributed by atoms with Gasteiger partial charge in [0.25, 0.3) is 0 Å². The number of rotatable bonds is 12. The molecule has 6 rings (SSSR count). The number of aromatic nitrogens is 2. The van der Waals surface area contributed by atoms with Crippen molar-refractivity contribution in [1.82, 2.24) is 15.1 Å². The summed E-state index contributed by atoms with van der Waals surface area (Å²) in [6.45, 7) is 3.04. The highest BCUT2D eigenvalue weighted by atomic mass is 19.4. The van der Waals surface area contributed by atoms with Crippen LogP contribution in [0.1, 0.15) is 16.7 Å². The van der Waals surface area contributed by atoms with E-state index in [4.69, 9.17) is 34.0 Å². The van der Waals surface area contributed by atoms with Gasteiger partial charge >= 0.3 is 24.3 Å². The zero-order chi connectivity index (χ0) is 42.3. The van der Waals surface area contributed by atoms with E-state index in [1.807, 2.05) is 54.7 Å². The lowest BCUT2D eigenvalue weighted by Crippen LogP contribution is -2.32. The molecule has 308 valence electrons. The van der Waals surface area contributed by atoms with Crippen molar-refractivity contribution in [2.45, 2.75) is 31.9 Å². The number of carboxylic acids is 2. The monoisotopic (exact) mass is 816 g/mol. The van der Waals surface area contributed by atoms with Crippen LogP contribution in [0.5, 0.6) is 17.2 Å². The number of hydrogen-bond donors (Lipinski definition) is 4. The van der Waals surface area contributed by atoms with Crippen LogP contribution in [-0.2, 0) is 33.9 Å².